The highest BCUT2D eigenvalue weighted by molar-refractivity contribution is 7.99. The highest BCUT2D eigenvalue weighted by Crippen LogP contribution is 2.63. The Morgan fingerprint density at radius 3 is 2.57 bits per heavy atom. The fraction of sp³-hybridized carbons (Fsp3) is 0.474. The molecular formula is C38H41N3O11S. The number of nitrogens with one attached hydrogen (secondary N) is 2. The van der Waals surface area contributed by atoms with Gasteiger partial charge in [0.05, 0.1) is 37.6 Å². The maximum atomic E-state index is 14.6. The number of benzene rings is 3. The molecule has 4 bridgehead atoms. The van der Waals surface area contributed by atoms with Gasteiger partial charge in [0.25, 0.3) is 0 Å². The molecule has 7 aliphatic heterocycles. The summed E-state index contributed by atoms with van der Waals surface area (Å²) in [5, 5.41) is 41.5. The Bertz CT molecular complexity index is 2090. The molecule has 1 spiro atoms. The van der Waals surface area contributed by atoms with Crippen LogP contribution in [0.3, 0.4) is 0 Å². The largest absolute Gasteiger partial charge is 0.504 e. The third-order valence-corrected chi connectivity index (χ3v) is 13.2. The normalized spacial score (nSPS) is 29.4. The number of piperazine rings is 1. The Morgan fingerprint density at radius 2 is 1.81 bits per heavy atom. The zero-order valence-electron chi connectivity index (χ0n) is 29.9. The molecule has 53 heavy (non-hydrogen) atoms. The van der Waals surface area contributed by atoms with Gasteiger partial charge in [0.2, 0.25) is 6.79 Å². The number of phenols is 2. The van der Waals surface area contributed by atoms with Crippen LogP contribution in [0.2, 0.25) is 0 Å². The minimum absolute atomic E-state index is 0.0210. The third-order valence-electron chi connectivity index (χ3n) is 11.8. The smallest absolute Gasteiger partial charge is 0.331 e. The number of carbonyl (C=O) groups excluding carboxylic acids is 2. The van der Waals surface area contributed by atoms with Gasteiger partial charge >= 0.3 is 11.9 Å². The molecule has 7 aliphatic rings. The summed E-state index contributed by atoms with van der Waals surface area (Å²) in [5.74, 6) is 0.890. The average molecular weight is 748 g/mol. The molecule has 280 valence electrons. The second-order valence-electron chi connectivity index (χ2n) is 14.5. The number of hydrogen-bond acceptors (Lipinski definition) is 15. The molecular weight excluding hydrogens is 706 g/mol. The van der Waals surface area contributed by atoms with Crippen molar-refractivity contribution in [2.75, 3.05) is 39.9 Å². The number of fused-ring (bicyclic) bond motifs is 9. The number of aryl methyl sites for hydroxylation is 1. The van der Waals surface area contributed by atoms with E-state index in [1.54, 1.807) is 12.1 Å². The summed E-state index contributed by atoms with van der Waals surface area (Å²) >= 11 is 1.45. The van der Waals surface area contributed by atoms with E-state index in [9.17, 15) is 24.9 Å². The summed E-state index contributed by atoms with van der Waals surface area (Å²) in [7, 11) is 2.98. The number of hydrogen-bond donors (Lipinski definition) is 5. The van der Waals surface area contributed by atoms with Gasteiger partial charge in [-0.2, -0.15) is 0 Å². The van der Waals surface area contributed by atoms with Crippen molar-refractivity contribution in [3.63, 3.8) is 0 Å². The maximum Gasteiger partial charge on any atom is 0.331 e. The molecule has 10 rings (SSSR count). The number of nitrogens with zero attached hydrogens (tertiary/aromatic N) is 1. The van der Waals surface area contributed by atoms with Gasteiger partial charge in [-0.3, -0.25) is 15.0 Å². The first-order chi connectivity index (χ1) is 25.5. The lowest BCUT2D eigenvalue weighted by Gasteiger charge is -2.59. The summed E-state index contributed by atoms with van der Waals surface area (Å²) in [5.41, 5.74) is 4.27. The lowest BCUT2D eigenvalue weighted by molar-refractivity contribution is -0.164. The molecule has 3 aromatic carbocycles. The van der Waals surface area contributed by atoms with Crippen molar-refractivity contribution in [2.45, 2.75) is 74.8 Å². The number of esters is 2. The summed E-state index contributed by atoms with van der Waals surface area (Å²) in [6, 6.07) is 2.99. The zero-order valence-corrected chi connectivity index (χ0v) is 30.7. The van der Waals surface area contributed by atoms with Crippen LogP contribution in [0.15, 0.2) is 18.2 Å². The molecule has 0 aliphatic carbocycles. The number of aliphatic hydroxyl groups excluding tert-OH is 1. The first-order valence-corrected chi connectivity index (χ1v) is 18.7. The maximum absolute atomic E-state index is 14.6. The molecule has 2 saturated heterocycles. The van der Waals surface area contributed by atoms with Crippen LogP contribution >= 0.6 is 11.8 Å². The van der Waals surface area contributed by atoms with Crippen LogP contribution in [0.25, 0.3) is 0 Å². The van der Waals surface area contributed by atoms with Crippen LogP contribution in [0, 0.1) is 13.8 Å². The number of aromatic hydroxyl groups is 2. The van der Waals surface area contributed by atoms with E-state index in [1.807, 2.05) is 24.8 Å². The van der Waals surface area contributed by atoms with E-state index in [-0.39, 0.29) is 36.4 Å². The highest BCUT2D eigenvalue weighted by Gasteiger charge is 2.60. The molecule has 0 aromatic heterocycles. The average Bonchev–Trinajstić information content (AvgIpc) is 3.63. The molecule has 0 amide bonds. The summed E-state index contributed by atoms with van der Waals surface area (Å²) < 4.78 is 35.8. The number of methoxy groups -OCH3 is 2. The van der Waals surface area contributed by atoms with Crippen LogP contribution in [0.4, 0.5) is 0 Å². The molecule has 1 unspecified atom stereocenters. The lowest BCUT2D eigenvalue weighted by atomic mass is 9.74. The number of phenolic OH excluding ortho intramolecular Hbond substituents is 2. The Labute approximate surface area is 309 Å². The van der Waals surface area contributed by atoms with Gasteiger partial charge in [0, 0.05) is 47.5 Å². The molecule has 2 fully saturated rings. The van der Waals surface area contributed by atoms with E-state index in [0.717, 1.165) is 16.7 Å². The Hall–Kier alpha value is -4.41. The third kappa shape index (κ3) is 4.80. The predicted octanol–water partition coefficient (Wildman–Crippen LogP) is 3.07. The van der Waals surface area contributed by atoms with Gasteiger partial charge in [0.1, 0.15) is 18.6 Å². The molecule has 0 saturated carbocycles. The van der Waals surface area contributed by atoms with Gasteiger partial charge in [-0.15, -0.1) is 11.8 Å². The van der Waals surface area contributed by atoms with E-state index in [1.165, 1.54) is 32.9 Å². The van der Waals surface area contributed by atoms with Gasteiger partial charge < -0.3 is 49.1 Å². The Balaban J connectivity index is 1.31. The van der Waals surface area contributed by atoms with Crippen LogP contribution < -0.4 is 34.3 Å². The standard InChI is InChI=1S/C38H41N3O11S/c1-15-8-19-9-21-36(45)41-22-12-49-37(46)38(20-11-24(47-4)23(43)10-18(20)6-7-39-38)13-53-35(29(41)28(40-21)25(19)30(44)31(15)48-5)27-26(22)34-33(50-14-51-34)16(2)32(27)52-17(3)42/h8,10-11,21-22,28-29,35-36,39-40,43-45H,6-7,9,12-14H2,1-5H3/t21-,22+,28-,29?,35-,36+,38+/m1/s1. The van der Waals surface area contributed by atoms with Crippen LogP contribution in [-0.4, -0.2) is 90.4 Å². The van der Waals surface area contributed by atoms with E-state index < -0.39 is 53.1 Å². The minimum Gasteiger partial charge on any atom is -0.504 e. The number of carbonyl (C=O) groups is 2. The SMILES string of the molecule is COc1cc2c(cc1O)CCN[C@@]21CS[C@@H]2c3c(OC(C)=O)c(C)c4c(c3[C@H](COC1=O)N1C2[C@@H]2N[C@H](Cc3cc(C)c(OC)c(O)c32)[C@@H]1O)OCO4. The van der Waals surface area contributed by atoms with Crippen molar-refractivity contribution < 1.29 is 53.3 Å². The van der Waals surface area contributed by atoms with Crippen molar-refractivity contribution in [3.05, 3.63) is 62.7 Å². The van der Waals surface area contributed by atoms with Gasteiger partial charge in [-0.05, 0) is 61.1 Å². The van der Waals surface area contributed by atoms with Crippen molar-refractivity contribution >= 4 is 23.7 Å². The molecule has 14 nitrogen and oxygen atoms in total. The molecule has 3 aromatic rings. The minimum atomic E-state index is -1.36. The quantitative estimate of drug-likeness (QED) is 0.195. The zero-order chi connectivity index (χ0) is 37.1. The molecule has 15 heteroatoms. The lowest BCUT2D eigenvalue weighted by Crippen LogP contribution is -2.69. The number of aliphatic hydroxyl groups is 1. The second-order valence-corrected chi connectivity index (χ2v) is 15.6. The van der Waals surface area contributed by atoms with Crippen LogP contribution in [-0.2, 0) is 32.7 Å². The van der Waals surface area contributed by atoms with E-state index in [2.05, 4.69) is 10.6 Å². The fourth-order valence-corrected chi connectivity index (χ4v) is 11.3. The van der Waals surface area contributed by atoms with E-state index >= 15 is 0 Å². The van der Waals surface area contributed by atoms with E-state index in [0.29, 0.717) is 70.2 Å². The first kappa shape index (κ1) is 34.4. The predicted molar refractivity (Wildman–Crippen MR) is 190 cm³/mol. The summed E-state index contributed by atoms with van der Waals surface area (Å²) in [6.45, 7) is 5.23. The van der Waals surface area contributed by atoms with Gasteiger partial charge in [-0.1, -0.05) is 6.07 Å². The summed E-state index contributed by atoms with van der Waals surface area (Å²) in [4.78, 5) is 29.4. The number of rotatable bonds is 3. The van der Waals surface area contributed by atoms with Crippen molar-refractivity contribution in [1.82, 2.24) is 15.5 Å². The Kier molecular flexibility index (Phi) is 7.98. The topological polar surface area (TPSA) is 178 Å². The molecule has 5 N–H and O–H groups in total. The highest BCUT2D eigenvalue weighted by atomic mass is 32.2. The van der Waals surface area contributed by atoms with Crippen LogP contribution in [0.1, 0.15) is 68.8 Å². The Morgan fingerprint density at radius 1 is 1.02 bits per heavy atom. The first-order valence-electron chi connectivity index (χ1n) is 17.7. The summed E-state index contributed by atoms with van der Waals surface area (Å²) in [6.07, 6.45) is -0.0673. The molecule has 7 atom stereocenters. The number of thioether (sulfide) groups is 1. The van der Waals surface area contributed by atoms with Crippen LogP contribution in [0.5, 0.6) is 40.2 Å². The number of ether oxygens (including phenoxy) is 6. The monoisotopic (exact) mass is 747 g/mol. The fourth-order valence-electron chi connectivity index (χ4n) is 9.60. The molecule has 7 heterocycles. The second kappa shape index (κ2) is 12.3. The van der Waals surface area contributed by atoms with Crippen molar-refractivity contribution in [2.24, 2.45) is 0 Å². The van der Waals surface area contributed by atoms with E-state index in [4.69, 9.17) is 28.4 Å². The molecule has 0 radical (unpaired) electrons. The van der Waals surface area contributed by atoms with Crippen molar-refractivity contribution in [1.29, 1.82) is 0 Å². The van der Waals surface area contributed by atoms with Gasteiger partial charge in [0.15, 0.2) is 40.0 Å². The van der Waals surface area contributed by atoms with Crippen molar-refractivity contribution in [3.8, 4) is 40.2 Å². The van der Waals surface area contributed by atoms with Gasteiger partial charge in [-0.25, -0.2) is 4.79 Å².